The van der Waals surface area contributed by atoms with E-state index in [1.165, 1.54) is 12.1 Å². The fourth-order valence-electron chi connectivity index (χ4n) is 2.22. The number of halogens is 1. The quantitative estimate of drug-likeness (QED) is 0.896. The molecule has 0 aliphatic carbocycles. The van der Waals surface area contributed by atoms with Gasteiger partial charge < -0.3 is 10.1 Å². The van der Waals surface area contributed by atoms with E-state index in [2.05, 4.69) is 12.2 Å². The third-order valence-corrected chi connectivity index (χ3v) is 3.34. The molecule has 0 aliphatic rings. The number of ether oxygens (including phenoxy) is 1. The van der Waals surface area contributed by atoms with E-state index in [4.69, 9.17) is 10.00 Å². The van der Waals surface area contributed by atoms with Gasteiger partial charge in [-0.15, -0.1) is 0 Å². The number of hydrogen-bond acceptors (Lipinski definition) is 3. The van der Waals surface area contributed by atoms with E-state index in [9.17, 15) is 4.39 Å². The van der Waals surface area contributed by atoms with Crippen molar-refractivity contribution in [2.24, 2.45) is 0 Å². The average molecular weight is 284 g/mol. The first-order valence-electron chi connectivity index (χ1n) is 6.83. The number of hydrogen-bond donors (Lipinski definition) is 1. The Morgan fingerprint density at radius 3 is 2.67 bits per heavy atom. The van der Waals surface area contributed by atoms with E-state index in [1.807, 2.05) is 31.3 Å². The summed E-state index contributed by atoms with van der Waals surface area (Å²) in [6.07, 6.45) is 0.915. The van der Waals surface area contributed by atoms with Gasteiger partial charge in [0.25, 0.3) is 0 Å². The highest BCUT2D eigenvalue weighted by atomic mass is 19.1. The van der Waals surface area contributed by atoms with Crippen LogP contribution >= 0.6 is 0 Å². The van der Waals surface area contributed by atoms with Gasteiger partial charge in [0.1, 0.15) is 23.4 Å². The third-order valence-electron chi connectivity index (χ3n) is 3.34. The summed E-state index contributed by atoms with van der Waals surface area (Å²) in [7, 11) is 1.90. The Labute approximate surface area is 124 Å². The molecule has 0 fully saturated rings. The lowest BCUT2D eigenvalue weighted by Gasteiger charge is -2.18. The van der Waals surface area contributed by atoms with Gasteiger partial charge in [0.2, 0.25) is 0 Å². The van der Waals surface area contributed by atoms with Crippen molar-refractivity contribution in [1.82, 2.24) is 5.32 Å². The highest BCUT2D eigenvalue weighted by Gasteiger charge is 2.13. The zero-order valence-electron chi connectivity index (χ0n) is 12.1. The van der Waals surface area contributed by atoms with Gasteiger partial charge in [0.05, 0.1) is 5.56 Å². The largest absolute Gasteiger partial charge is 0.457 e. The number of rotatable bonds is 5. The predicted molar refractivity (Wildman–Crippen MR) is 79.7 cm³/mol. The van der Waals surface area contributed by atoms with E-state index >= 15 is 0 Å². The van der Waals surface area contributed by atoms with Crippen LogP contribution in [0.5, 0.6) is 11.5 Å². The van der Waals surface area contributed by atoms with E-state index in [0.29, 0.717) is 11.5 Å². The van der Waals surface area contributed by atoms with Crippen LogP contribution in [0.25, 0.3) is 0 Å². The highest BCUT2D eigenvalue weighted by Crippen LogP contribution is 2.31. The van der Waals surface area contributed by atoms with Crippen LogP contribution in [0.4, 0.5) is 4.39 Å². The van der Waals surface area contributed by atoms with E-state index in [0.717, 1.165) is 12.0 Å². The van der Waals surface area contributed by atoms with Crippen LogP contribution in [0.3, 0.4) is 0 Å². The first-order valence-corrected chi connectivity index (χ1v) is 6.83. The molecule has 0 saturated heterocycles. The molecule has 0 heterocycles. The van der Waals surface area contributed by atoms with Crippen LogP contribution in [0, 0.1) is 17.1 Å². The summed E-state index contributed by atoms with van der Waals surface area (Å²) >= 11 is 0. The summed E-state index contributed by atoms with van der Waals surface area (Å²) in [6.45, 7) is 2.08. The number of nitriles is 1. The fraction of sp³-hybridized carbons (Fsp3) is 0.235. The maximum Gasteiger partial charge on any atom is 0.144 e. The molecule has 3 nitrogen and oxygen atoms in total. The molecule has 0 amide bonds. The van der Waals surface area contributed by atoms with Crippen LogP contribution in [0.2, 0.25) is 0 Å². The molecular formula is C17H17FN2O. The van der Waals surface area contributed by atoms with E-state index in [1.54, 1.807) is 12.1 Å². The number of benzene rings is 2. The van der Waals surface area contributed by atoms with Crippen molar-refractivity contribution < 1.29 is 9.13 Å². The average Bonchev–Trinajstić information content (AvgIpc) is 2.50. The Kier molecular flexibility index (Phi) is 4.91. The molecule has 1 atom stereocenters. The highest BCUT2D eigenvalue weighted by molar-refractivity contribution is 5.42. The monoisotopic (exact) mass is 284 g/mol. The zero-order valence-corrected chi connectivity index (χ0v) is 12.1. The van der Waals surface area contributed by atoms with Gasteiger partial charge in [-0.3, -0.25) is 0 Å². The molecule has 2 rings (SSSR count). The molecule has 4 heteroatoms. The third kappa shape index (κ3) is 3.39. The second-order valence-electron chi connectivity index (χ2n) is 4.64. The van der Waals surface area contributed by atoms with Crippen LogP contribution in [-0.2, 0) is 0 Å². The van der Waals surface area contributed by atoms with Gasteiger partial charge in [-0.25, -0.2) is 4.39 Å². The standard InChI is InChI=1S/C17H17FN2O/c1-3-16(20-2)14-6-4-5-7-17(14)21-13-9-8-12(11-19)15(18)10-13/h4-10,16,20H,3H2,1-2H3. The SMILES string of the molecule is CCC(NC)c1ccccc1Oc1ccc(C#N)c(F)c1. The number of nitrogens with zero attached hydrogens (tertiary/aromatic N) is 1. The second-order valence-corrected chi connectivity index (χ2v) is 4.64. The Morgan fingerprint density at radius 1 is 1.29 bits per heavy atom. The topological polar surface area (TPSA) is 45.0 Å². The normalized spacial score (nSPS) is 11.7. The molecule has 2 aromatic rings. The van der Waals surface area contributed by atoms with Crippen molar-refractivity contribution in [3.8, 4) is 17.6 Å². The summed E-state index contributed by atoms with van der Waals surface area (Å²) in [5.74, 6) is 0.487. The fourth-order valence-corrected chi connectivity index (χ4v) is 2.22. The minimum absolute atomic E-state index is 0.0114. The van der Waals surface area contributed by atoms with Gasteiger partial charge in [-0.1, -0.05) is 25.1 Å². The summed E-state index contributed by atoms with van der Waals surface area (Å²) in [5.41, 5.74) is 1.03. The molecule has 21 heavy (non-hydrogen) atoms. The van der Waals surface area contributed by atoms with Gasteiger partial charge >= 0.3 is 0 Å². The first kappa shape index (κ1) is 15.0. The summed E-state index contributed by atoms with van der Waals surface area (Å²) in [6, 6.07) is 13.9. The Bertz CT molecular complexity index is 660. The lowest BCUT2D eigenvalue weighted by atomic mass is 10.0. The predicted octanol–water partition coefficient (Wildman–Crippen LogP) is 4.16. The molecule has 1 N–H and O–H groups in total. The van der Waals surface area contributed by atoms with E-state index < -0.39 is 5.82 Å². The molecule has 0 aliphatic heterocycles. The lowest BCUT2D eigenvalue weighted by Crippen LogP contribution is -2.15. The van der Waals surface area contributed by atoms with Crippen molar-refractivity contribution in [3.05, 3.63) is 59.4 Å². The molecule has 108 valence electrons. The Morgan fingerprint density at radius 2 is 2.05 bits per heavy atom. The minimum atomic E-state index is -0.576. The molecular weight excluding hydrogens is 267 g/mol. The van der Waals surface area contributed by atoms with Crippen LogP contribution in [0.15, 0.2) is 42.5 Å². The minimum Gasteiger partial charge on any atom is -0.457 e. The van der Waals surface area contributed by atoms with Crippen LogP contribution < -0.4 is 10.1 Å². The number of nitrogens with one attached hydrogen (secondary N) is 1. The zero-order chi connectivity index (χ0) is 15.2. The maximum atomic E-state index is 13.6. The molecule has 0 bridgehead atoms. The second kappa shape index (κ2) is 6.87. The summed E-state index contributed by atoms with van der Waals surface area (Å²) in [5, 5.41) is 12.0. The van der Waals surface area contributed by atoms with Crippen molar-refractivity contribution in [2.45, 2.75) is 19.4 Å². The van der Waals surface area contributed by atoms with Crippen LogP contribution in [0.1, 0.15) is 30.5 Å². The smallest absolute Gasteiger partial charge is 0.144 e. The van der Waals surface area contributed by atoms with E-state index in [-0.39, 0.29) is 11.6 Å². The lowest BCUT2D eigenvalue weighted by molar-refractivity contribution is 0.454. The van der Waals surface area contributed by atoms with Crippen molar-refractivity contribution in [3.63, 3.8) is 0 Å². The summed E-state index contributed by atoms with van der Waals surface area (Å²) < 4.78 is 19.4. The van der Waals surface area contributed by atoms with Gasteiger partial charge in [-0.2, -0.15) is 5.26 Å². The van der Waals surface area contributed by atoms with Gasteiger partial charge in [0, 0.05) is 17.7 Å². The van der Waals surface area contributed by atoms with Crippen molar-refractivity contribution in [1.29, 1.82) is 5.26 Å². The summed E-state index contributed by atoms with van der Waals surface area (Å²) in [4.78, 5) is 0. The number of para-hydroxylation sites is 1. The van der Waals surface area contributed by atoms with Gasteiger partial charge in [-0.05, 0) is 31.7 Å². The molecule has 1 unspecified atom stereocenters. The molecule has 0 radical (unpaired) electrons. The molecule has 0 aromatic heterocycles. The van der Waals surface area contributed by atoms with Crippen molar-refractivity contribution in [2.75, 3.05) is 7.05 Å². The maximum absolute atomic E-state index is 13.6. The molecule has 0 saturated carbocycles. The Balaban J connectivity index is 2.32. The Hall–Kier alpha value is -2.38. The van der Waals surface area contributed by atoms with Crippen LogP contribution in [-0.4, -0.2) is 7.05 Å². The van der Waals surface area contributed by atoms with Gasteiger partial charge in [0.15, 0.2) is 0 Å². The first-order chi connectivity index (χ1) is 10.2. The van der Waals surface area contributed by atoms with Crippen molar-refractivity contribution >= 4 is 0 Å². The molecule has 0 spiro atoms. The molecule has 2 aromatic carbocycles.